The van der Waals surface area contributed by atoms with E-state index < -0.39 is 27.3 Å². The van der Waals surface area contributed by atoms with Gasteiger partial charge in [0.05, 0.1) is 18.6 Å². The van der Waals surface area contributed by atoms with Crippen LogP contribution in [0.25, 0.3) is 0 Å². The van der Waals surface area contributed by atoms with Crippen LogP contribution in [0.15, 0.2) is 0 Å². The molecule has 1 fully saturated rings. The quantitative estimate of drug-likeness (QED) is 0.712. The molecule has 1 saturated heterocycles. The molecule has 1 heterocycles. The first-order chi connectivity index (χ1) is 7.20. The number of carbonyl (C=O) groups is 1. The molecule has 0 spiro atoms. The van der Waals surface area contributed by atoms with Crippen molar-refractivity contribution in [3.63, 3.8) is 0 Å². The summed E-state index contributed by atoms with van der Waals surface area (Å²) in [6.07, 6.45) is -0.792. The monoisotopic (exact) mass is 250 g/mol. The topological polar surface area (TPSA) is 80.7 Å². The summed E-state index contributed by atoms with van der Waals surface area (Å²) < 4.78 is 27.2. The minimum atomic E-state index is -3.01. The Morgan fingerprint density at radius 1 is 1.50 bits per heavy atom. The zero-order valence-electron chi connectivity index (χ0n) is 9.76. The lowest BCUT2D eigenvalue weighted by Crippen LogP contribution is -2.43. The molecule has 0 aromatic rings. The van der Waals surface area contributed by atoms with Gasteiger partial charge in [0.2, 0.25) is 0 Å². The maximum Gasteiger partial charge on any atom is 0.335 e. The number of sulfone groups is 1. The average molecular weight is 250 g/mol. The zero-order chi connectivity index (χ0) is 12.6. The van der Waals surface area contributed by atoms with Gasteiger partial charge in [0.25, 0.3) is 0 Å². The van der Waals surface area contributed by atoms with Gasteiger partial charge in [-0.1, -0.05) is 13.8 Å². The van der Waals surface area contributed by atoms with Gasteiger partial charge in [-0.05, 0) is 12.3 Å². The summed E-state index contributed by atoms with van der Waals surface area (Å²) in [5, 5.41) is 9.81. The summed E-state index contributed by atoms with van der Waals surface area (Å²) in [6, 6.07) is 0. The molecule has 2 unspecified atom stereocenters. The number of aliphatic hydroxyl groups is 1. The van der Waals surface area contributed by atoms with Crippen LogP contribution >= 0.6 is 0 Å². The van der Waals surface area contributed by atoms with Gasteiger partial charge in [-0.3, -0.25) is 0 Å². The first-order valence-electron chi connectivity index (χ1n) is 5.17. The second-order valence-electron chi connectivity index (χ2n) is 4.85. The molecule has 6 heteroatoms. The largest absolute Gasteiger partial charge is 0.467 e. The highest BCUT2D eigenvalue weighted by Gasteiger charge is 2.45. The van der Waals surface area contributed by atoms with Crippen LogP contribution in [0.1, 0.15) is 20.3 Å². The van der Waals surface area contributed by atoms with Crippen LogP contribution in [-0.2, 0) is 19.4 Å². The molecule has 0 amide bonds. The molecule has 94 valence electrons. The van der Waals surface area contributed by atoms with Crippen LogP contribution < -0.4 is 0 Å². The lowest BCUT2D eigenvalue weighted by molar-refractivity contribution is -0.159. The highest BCUT2D eigenvalue weighted by Crippen LogP contribution is 2.38. The summed E-state index contributed by atoms with van der Waals surface area (Å²) in [4.78, 5) is 11.3. The van der Waals surface area contributed by atoms with Crippen molar-refractivity contribution in [1.82, 2.24) is 0 Å². The second kappa shape index (κ2) is 4.33. The molecule has 0 saturated carbocycles. The number of hydrogen-bond acceptors (Lipinski definition) is 5. The lowest BCUT2D eigenvalue weighted by atomic mass is 9.74. The van der Waals surface area contributed by atoms with E-state index in [0.29, 0.717) is 6.42 Å². The number of esters is 1. The van der Waals surface area contributed by atoms with Crippen LogP contribution in [0.2, 0.25) is 0 Å². The number of aliphatic hydroxyl groups excluding tert-OH is 1. The van der Waals surface area contributed by atoms with Crippen LogP contribution in [0, 0.1) is 11.3 Å². The summed E-state index contributed by atoms with van der Waals surface area (Å²) in [5.74, 6) is -0.746. The number of carbonyl (C=O) groups excluding carboxylic acids is 1. The van der Waals surface area contributed by atoms with E-state index in [2.05, 4.69) is 4.74 Å². The van der Waals surface area contributed by atoms with Gasteiger partial charge in [0, 0.05) is 5.41 Å². The Labute approximate surface area is 95.7 Å². The van der Waals surface area contributed by atoms with Crippen molar-refractivity contribution in [2.75, 3.05) is 18.6 Å². The predicted molar refractivity (Wildman–Crippen MR) is 58.6 cm³/mol. The highest BCUT2D eigenvalue weighted by atomic mass is 32.2. The van der Waals surface area contributed by atoms with E-state index in [1.165, 1.54) is 7.11 Å². The van der Waals surface area contributed by atoms with Crippen molar-refractivity contribution in [2.45, 2.75) is 26.4 Å². The van der Waals surface area contributed by atoms with Crippen molar-refractivity contribution in [3.05, 3.63) is 0 Å². The fourth-order valence-electron chi connectivity index (χ4n) is 2.02. The maximum absolute atomic E-state index is 11.4. The number of methoxy groups -OCH3 is 1. The molecule has 1 rings (SSSR count). The Hall–Kier alpha value is -0.620. The van der Waals surface area contributed by atoms with Crippen LogP contribution in [0.3, 0.4) is 0 Å². The standard InChI is InChI=1S/C10H18O5S/c1-10(2,8(11)9(12)15-3)7-4-5-16(13,14)6-7/h7-8,11H,4-6H2,1-3H3. The molecular weight excluding hydrogens is 232 g/mol. The van der Waals surface area contributed by atoms with Crippen molar-refractivity contribution < 1.29 is 23.1 Å². The third kappa shape index (κ3) is 2.55. The second-order valence-corrected chi connectivity index (χ2v) is 7.08. The van der Waals surface area contributed by atoms with E-state index in [4.69, 9.17) is 0 Å². The summed E-state index contributed by atoms with van der Waals surface area (Å²) in [7, 11) is -1.81. The molecule has 0 aliphatic carbocycles. The lowest BCUT2D eigenvalue weighted by Gasteiger charge is -2.33. The van der Waals surface area contributed by atoms with Crippen molar-refractivity contribution in [2.24, 2.45) is 11.3 Å². The zero-order valence-corrected chi connectivity index (χ0v) is 10.6. The molecule has 16 heavy (non-hydrogen) atoms. The fraction of sp³-hybridized carbons (Fsp3) is 0.900. The summed E-state index contributed by atoms with van der Waals surface area (Å²) >= 11 is 0. The molecule has 2 atom stereocenters. The van der Waals surface area contributed by atoms with Gasteiger partial charge >= 0.3 is 5.97 Å². The van der Waals surface area contributed by atoms with E-state index in [-0.39, 0.29) is 17.4 Å². The Morgan fingerprint density at radius 2 is 2.06 bits per heavy atom. The van der Waals surface area contributed by atoms with E-state index in [1.807, 2.05) is 0 Å². The normalized spacial score (nSPS) is 26.4. The first-order valence-corrected chi connectivity index (χ1v) is 6.99. The van der Waals surface area contributed by atoms with Gasteiger partial charge in [-0.15, -0.1) is 0 Å². The fourth-order valence-corrected chi connectivity index (χ4v) is 4.04. The van der Waals surface area contributed by atoms with Crippen LogP contribution in [0.4, 0.5) is 0 Å². The van der Waals surface area contributed by atoms with Crippen molar-refractivity contribution in [1.29, 1.82) is 0 Å². The minimum absolute atomic E-state index is 0.0358. The highest BCUT2D eigenvalue weighted by molar-refractivity contribution is 7.91. The molecule has 1 aliphatic heterocycles. The molecule has 1 aliphatic rings. The molecule has 0 aromatic carbocycles. The Kier molecular flexibility index (Phi) is 3.64. The van der Waals surface area contributed by atoms with E-state index in [1.54, 1.807) is 13.8 Å². The van der Waals surface area contributed by atoms with Crippen LogP contribution in [-0.4, -0.2) is 44.2 Å². The van der Waals surface area contributed by atoms with Gasteiger partial charge < -0.3 is 9.84 Å². The Bertz CT molecular complexity index is 371. The average Bonchev–Trinajstić information content (AvgIpc) is 2.57. The van der Waals surface area contributed by atoms with Gasteiger partial charge in [-0.2, -0.15) is 0 Å². The molecule has 0 bridgehead atoms. The smallest absolute Gasteiger partial charge is 0.335 e. The number of rotatable bonds is 3. The Morgan fingerprint density at radius 3 is 2.44 bits per heavy atom. The summed E-state index contributed by atoms with van der Waals surface area (Å²) in [6.45, 7) is 3.39. The SMILES string of the molecule is COC(=O)C(O)C(C)(C)C1CCS(=O)(=O)C1. The number of hydrogen-bond donors (Lipinski definition) is 1. The van der Waals surface area contributed by atoms with E-state index >= 15 is 0 Å². The Balaban J connectivity index is 2.82. The van der Waals surface area contributed by atoms with Gasteiger partial charge in [0.15, 0.2) is 15.9 Å². The van der Waals surface area contributed by atoms with Crippen molar-refractivity contribution >= 4 is 15.8 Å². The summed E-state index contributed by atoms with van der Waals surface area (Å²) in [5.41, 5.74) is -0.781. The number of ether oxygens (including phenoxy) is 1. The molecular formula is C10H18O5S. The van der Waals surface area contributed by atoms with Gasteiger partial charge in [-0.25, -0.2) is 13.2 Å². The predicted octanol–water partition coefficient (Wildman–Crippen LogP) is -0.0188. The van der Waals surface area contributed by atoms with Crippen LogP contribution in [0.5, 0.6) is 0 Å². The first kappa shape index (κ1) is 13.4. The van der Waals surface area contributed by atoms with Gasteiger partial charge in [0.1, 0.15) is 0 Å². The van der Waals surface area contributed by atoms with Crippen molar-refractivity contribution in [3.8, 4) is 0 Å². The molecule has 1 N–H and O–H groups in total. The van der Waals surface area contributed by atoms with E-state index in [9.17, 15) is 18.3 Å². The minimum Gasteiger partial charge on any atom is -0.467 e. The third-order valence-electron chi connectivity index (χ3n) is 3.41. The molecule has 5 nitrogen and oxygen atoms in total. The molecule has 0 aromatic heterocycles. The van der Waals surface area contributed by atoms with E-state index in [0.717, 1.165) is 0 Å². The third-order valence-corrected chi connectivity index (χ3v) is 5.18. The maximum atomic E-state index is 11.4. The molecule has 0 radical (unpaired) electrons.